The topological polar surface area (TPSA) is 38.8 Å². The molecule has 1 aromatic carbocycles. The number of nitrogens with one attached hydrogen (secondary N) is 1. The molecule has 2 heterocycles. The summed E-state index contributed by atoms with van der Waals surface area (Å²) in [5.74, 6) is 0.153. The van der Waals surface area contributed by atoms with Crippen molar-refractivity contribution in [3.05, 3.63) is 29.8 Å². The molecule has 0 spiro atoms. The Bertz CT molecular complexity index is 559. The summed E-state index contributed by atoms with van der Waals surface area (Å²) < 4.78 is 0. The number of carbonyl (C=O) groups is 1. The lowest BCUT2D eigenvalue weighted by Crippen LogP contribution is -2.52. The van der Waals surface area contributed by atoms with Gasteiger partial charge in [-0.3, -0.25) is 9.69 Å². The standard InChI is InChI=1S/C19H30N4O.2ClH/c1-15(2)21-10-12-22(13-11-21)18-6-4-17(5-7-18)19(24)23-9-8-20-14-16(23)3;;/h4-7,15-16,20H,8-14H2,1-3H3;2*1H. The molecule has 148 valence electrons. The summed E-state index contributed by atoms with van der Waals surface area (Å²) in [5.41, 5.74) is 2.02. The van der Waals surface area contributed by atoms with Gasteiger partial charge in [-0.05, 0) is 45.0 Å². The Balaban J connectivity index is 0.00000169. The van der Waals surface area contributed by atoms with Gasteiger partial charge in [0, 0.05) is 69.1 Å². The van der Waals surface area contributed by atoms with Gasteiger partial charge in [-0.25, -0.2) is 0 Å². The fourth-order valence-electron chi connectivity index (χ4n) is 3.62. The van der Waals surface area contributed by atoms with Crippen molar-refractivity contribution in [2.45, 2.75) is 32.9 Å². The van der Waals surface area contributed by atoms with Crippen molar-refractivity contribution in [1.82, 2.24) is 15.1 Å². The SMILES string of the molecule is CC(C)N1CCN(c2ccc(C(=O)N3CCNCC3C)cc2)CC1.Cl.Cl. The molecular formula is C19H32Cl2N4O. The molecule has 0 saturated carbocycles. The van der Waals surface area contributed by atoms with E-state index < -0.39 is 0 Å². The molecule has 1 N–H and O–H groups in total. The van der Waals surface area contributed by atoms with E-state index in [0.717, 1.165) is 51.4 Å². The van der Waals surface area contributed by atoms with Crippen LogP contribution in [0.5, 0.6) is 0 Å². The number of benzene rings is 1. The summed E-state index contributed by atoms with van der Waals surface area (Å²) >= 11 is 0. The smallest absolute Gasteiger partial charge is 0.254 e. The van der Waals surface area contributed by atoms with Gasteiger partial charge in [0.05, 0.1) is 0 Å². The van der Waals surface area contributed by atoms with Crippen molar-refractivity contribution in [1.29, 1.82) is 0 Å². The molecule has 0 bridgehead atoms. The minimum atomic E-state index is 0. The molecule has 2 fully saturated rings. The second-order valence-corrected chi connectivity index (χ2v) is 7.22. The normalized spacial score (nSPS) is 21.2. The van der Waals surface area contributed by atoms with E-state index in [9.17, 15) is 4.79 Å². The van der Waals surface area contributed by atoms with E-state index in [4.69, 9.17) is 0 Å². The van der Waals surface area contributed by atoms with E-state index in [0.29, 0.717) is 6.04 Å². The highest BCUT2D eigenvalue weighted by Crippen LogP contribution is 2.19. The third-order valence-electron chi connectivity index (χ3n) is 5.29. The maximum atomic E-state index is 12.7. The van der Waals surface area contributed by atoms with Crippen LogP contribution in [0.1, 0.15) is 31.1 Å². The van der Waals surface area contributed by atoms with Crippen LogP contribution in [0.15, 0.2) is 24.3 Å². The molecule has 2 aliphatic rings. The first-order chi connectivity index (χ1) is 11.6. The molecule has 5 nitrogen and oxygen atoms in total. The van der Waals surface area contributed by atoms with Crippen molar-refractivity contribution in [2.75, 3.05) is 50.7 Å². The first-order valence-corrected chi connectivity index (χ1v) is 9.17. The number of hydrogen-bond donors (Lipinski definition) is 1. The molecule has 2 saturated heterocycles. The van der Waals surface area contributed by atoms with Gasteiger partial charge in [-0.15, -0.1) is 24.8 Å². The zero-order valence-corrected chi connectivity index (χ0v) is 17.6. The third kappa shape index (κ3) is 5.26. The molecule has 3 rings (SSSR count). The second kappa shape index (κ2) is 10.4. The van der Waals surface area contributed by atoms with Crippen LogP contribution in [-0.2, 0) is 0 Å². The average molecular weight is 403 g/mol. The minimum Gasteiger partial charge on any atom is -0.369 e. The van der Waals surface area contributed by atoms with Crippen LogP contribution in [-0.4, -0.2) is 73.6 Å². The van der Waals surface area contributed by atoms with Gasteiger partial charge >= 0.3 is 0 Å². The molecule has 26 heavy (non-hydrogen) atoms. The molecule has 0 aliphatic carbocycles. The van der Waals surface area contributed by atoms with Crippen molar-refractivity contribution in [2.24, 2.45) is 0 Å². The van der Waals surface area contributed by atoms with E-state index in [1.54, 1.807) is 0 Å². The van der Waals surface area contributed by atoms with Gasteiger partial charge in [0.2, 0.25) is 0 Å². The first-order valence-electron chi connectivity index (χ1n) is 9.17. The highest BCUT2D eigenvalue weighted by molar-refractivity contribution is 5.94. The Labute approximate surface area is 169 Å². The first kappa shape index (κ1) is 23.0. The average Bonchev–Trinajstić information content (AvgIpc) is 2.62. The number of rotatable bonds is 3. The summed E-state index contributed by atoms with van der Waals surface area (Å²) in [7, 11) is 0. The summed E-state index contributed by atoms with van der Waals surface area (Å²) in [4.78, 5) is 19.6. The monoisotopic (exact) mass is 402 g/mol. The number of nitrogens with zero attached hydrogens (tertiary/aromatic N) is 3. The van der Waals surface area contributed by atoms with Gasteiger partial charge in [-0.2, -0.15) is 0 Å². The highest BCUT2D eigenvalue weighted by Gasteiger charge is 2.24. The van der Waals surface area contributed by atoms with Gasteiger partial charge < -0.3 is 15.1 Å². The van der Waals surface area contributed by atoms with Gasteiger partial charge in [-0.1, -0.05) is 0 Å². The lowest BCUT2D eigenvalue weighted by Gasteiger charge is -2.38. The minimum absolute atomic E-state index is 0. The maximum Gasteiger partial charge on any atom is 0.254 e. The van der Waals surface area contributed by atoms with E-state index >= 15 is 0 Å². The summed E-state index contributed by atoms with van der Waals surface area (Å²) in [6.07, 6.45) is 0. The van der Waals surface area contributed by atoms with Crippen LogP contribution >= 0.6 is 24.8 Å². The number of hydrogen-bond acceptors (Lipinski definition) is 4. The maximum absolute atomic E-state index is 12.7. The van der Waals surface area contributed by atoms with E-state index in [-0.39, 0.29) is 36.8 Å². The number of halogens is 2. The Morgan fingerprint density at radius 2 is 1.65 bits per heavy atom. The van der Waals surface area contributed by atoms with Crippen LogP contribution in [0.2, 0.25) is 0 Å². The lowest BCUT2D eigenvalue weighted by atomic mass is 10.1. The molecule has 0 aromatic heterocycles. The number of piperazine rings is 2. The number of carbonyl (C=O) groups excluding carboxylic acids is 1. The van der Waals surface area contributed by atoms with Gasteiger partial charge in [0.25, 0.3) is 5.91 Å². The van der Waals surface area contributed by atoms with Crippen LogP contribution < -0.4 is 10.2 Å². The van der Waals surface area contributed by atoms with E-state index in [1.165, 1.54) is 5.69 Å². The molecule has 2 aliphatic heterocycles. The van der Waals surface area contributed by atoms with Crippen molar-refractivity contribution < 1.29 is 4.79 Å². The van der Waals surface area contributed by atoms with E-state index in [2.05, 4.69) is 48.0 Å². The molecule has 7 heteroatoms. The van der Waals surface area contributed by atoms with Crippen LogP contribution in [0.4, 0.5) is 5.69 Å². The van der Waals surface area contributed by atoms with Crippen LogP contribution in [0.3, 0.4) is 0 Å². The van der Waals surface area contributed by atoms with Gasteiger partial charge in [0.1, 0.15) is 0 Å². The highest BCUT2D eigenvalue weighted by atomic mass is 35.5. The van der Waals surface area contributed by atoms with Gasteiger partial charge in [0.15, 0.2) is 0 Å². The fraction of sp³-hybridized carbons (Fsp3) is 0.632. The Morgan fingerprint density at radius 3 is 2.19 bits per heavy atom. The van der Waals surface area contributed by atoms with Crippen molar-refractivity contribution in [3.8, 4) is 0 Å². The lowest BCUT2D eigenvalue weighted by molar-refractivity contribution is 0.0656. The van der Waals surface area contributed by atoms with E-state index in [1.807, 2.05) is 17.0 Å². The number of anilines is 1. The summed E-state index contributed by atoms with van der Waals surface area (Å²) in [6.45, 7) is 13.5. The Morgan fingerprint density at radius 1 is 1.04 bits per heavy atom. The largest absolute Gasteiger partial charge is 0.369 e. The molecular weight excluding hydrogens is 371 g/mol. The predicted molar refractivity (Wildman–Crippen MR) is 113 cm³/mol. The van der Waals surface area contributed by atoms with Crippen LogP contribution in [0.25, 0.3) is 0 Å². The zero-order chi connectivity index (χ0) is 17.1. The Kier molecular flexibility index (Phi) is 9.17. The summed E-state index contributed by atoms with van der Waals surface area (Å²) in [6, 6.07) is 9.06. The molecule has 0 radical (unpaired) electrons. The molecule has 1 amide bonds. The second-order valence-electron chi connectivity index (χ2n) is 7.22. The Hall–Kier alpha value is -1.01. The van der Waals surface area contributed by atoms with Crippen molar-refractivity contribution >= 4 is 36.4 Å². The van der Waals surface area contributed by atoms with Crippen molar-refractivity contribution in [3.63, 3.8) is 0 Å². The molecule has 1 atom stereocenters. The quantitative estimate of drug-likeness (QED) is 0.842. The number of amides is 1. The molecule has 1 aromatic rings. The fourth-order valence-corrected chi connectivity index (χ4v) is 3.62. The predicted octanol–water partition coefficient (Wildman–Crippen LogP) is 2.49. The molecule has 1 unspecified atom stereocenters. The third-order valence-corrected chi connectivity index (χ3v) is 5.29. The zero-order valence-electron chi connectivity index (χ0n) is 16.0. The summed E-state index contributed by atoms with van der Waals surface area (Å²) in [5, 5.41) is 3.33. The van der Waals surface area contributed by atoms with Crippen LogP contribution in [0, 0.1) is 0 Å².